The van der Waals surface area contributed by atoms with Gasteiger partial charge in [0.05, 0.1) is 0 Å². The van der Waals surface area contributed by atoms with E-state index in [1.807, 2.05) is 18.0 Å². The van der Waals surface area contributed by atoms with E-state index in [1.54, 1.807) is 6.07 Å². The fourth-order valence-corrected chi connectivity index (χ4v) is 1.58. The zero-order chi connectivity index (χ0) is 12.1. The number of aromatic carboxylic acids is 1. The first-order chi connectivity index (χ1) is 7.56. The van der Waals surface area contributed by atoms with E-state index in [1.165, 1.54) is 6.07 Å². The maximum absolute atomic E-state index is 10.8. The van der Waals surface area contributed by atoms with Gasteiger partial charge in [-0.05, 0) is 25.5 Å². The fraction of sp³-hybridized carbons (Fsp3) is 0.500. The maximum Gasteiger partial charge on any atom is 0.354 e. The SMILES string of the molecule is CCCC(C)N(C)c1cccc(C(=O)O)n1. The lowest BCUT2D eigenvalue weighted by Gasteiger charge is -2.25. The predicted octanol–water partition coefficient (Wildman–Crippen LogP) is 2.40. The zero-order valence-electron chi connectivity index (χ0n) is 9.97. The van der Waals surface area contributed by atoms with Crippen LogP contribution in [-0.4, -0.2) is 29.1 Å². The summed E-state index contributed by atoms with van der Waals surface area (Å²) in [5.41, 5.74) is 0.0908. The Labute approximate surface area is 95.9 Å². The van der Waals surface area contributed by atoms with E-state index >= 15 is 0 Å². The summed E-state index contributed by atoms with van der Waals surface area (Å²) in [7, 11) is 1.94. The number of carboxylic acids is 1. The van der Waals surface area contributed by atoms with Crippen molar-refractivity contribution in [2.24, 2.45) is 0 Å². The van der Waals surface area contributed by atoms with Crippen LogP contribution in [0, 0.1) is 0 Å². The molecule has 0 saturated carbocycles. The second kappa shape index (κ2) is 5.49. The number of hydrogen-bond acceptors (Lipinski definition) is 3. The van der Waals surface area contributed by atoms with Crippen molar-refractivity contribution in [3.8, 4) is 0 Å². The minimum absolute atomic E-state index is 0.0908. The molecular weight excluding hydrogens is 204 g/mol. The van der Waals surface area contributed by atoms with Crippen LogP contribution >= 0.6 is 0 Å². The second-order valence-electron chi connectivity index (χ2n) is 3.93. The summed E-state index contributed by atoms with van der Waals surface area (Å²) in [6, 6.07) is 5.42. The zero-order valence-corrected chi connectivity index (χ0v) is 9.97. The van der Waals surface area contributed by atoms with Crippen molar-refractivity contribution in [2.45, 2.75) is 32.7 Å². The quantitative estimate of drug-likeness (QED) is 0.831. The fourth-order valence-electron chi connectivity index (χ4n) is 1.58. The van der Waals surface area contributed by atoms with E-state index in [2.05, 4.69) is 18.8 Å². The molecule has 1 heterocycles. The molecule has 0 aromatic carbocycles. The number of carbonyl (C=O) groups is 1. The number of pyridine rings is 1. The lowest BCUT2D eigenvalue weighted by atomic mass is 10.2. The first kappa shape index (κ1) is 12.5. The lowest BCUT2D eigenvalue weighted by molar-refractivity contribution is 0.0690. The van der Waals surface area contributed by atoms with Gasteiger partial charge in [0, 0.05) is 13.1 Å². The molecule has 0 amide bonds. The summed E-state index contributed by atoms with van der Waals surface area (Å²) in [6.45, 7) is 4.24. The average Bonchev–Trinajstić information content (AvgIpc) is 2.28. The van der Waals surface area contributed by atoms with Gasteiger partial charge < -0.3 is 10.0 Å². The van der Waals surface area contributed by atoms with Gasteiger partial charge in [0.1, 0.15) is 5.82 Å². The van der Waals surface area contributed by atoms with Crippen LogP contribution in [0.25, 0.3) is 0 Å². The molecular formula is C12H18N2O2. The Kier molecular flexibility index (Phi) is 4.28. The molecule has 0 aliphatic rings. The Morgan fingerprint density at radius 2 is 2.25 bits per heavy atom. The highest BCUT2D eigenvalue weighted by Crippen LogP contribution is 2.15. The molecule has 0 bridgehead atoms. The van der Waals surface area contributed by atoms with Gasteiger partial charge in [-0.25, -0.2) is 9.78 Å². The monoisotopic (exact) mass is 222 g/mol. The minimum Gasteiger partial charge on any atom is -0.477 e. The maximum atomic E-state index is 10.8. The van der Waals surface area contributed by atoms with Gasteiger partial charge in [-0.2, -0.15) is 0 Å². The van der Waals surface area contributed by atoms with Gasteiger partial charge in [0.15, 0.2) is 5.69 Å². The molecule has 1 rings (SSSR count). The number of aromatic nitrogens is 1. The third kappa shape index (κ3) is 2.95. The molecule has 0 spiro atoms. The number of nitrogens with zero attached hydrogens (tertiary/aromatic N) is 2. The summed E-state index contributed by atoms with van der Waals surface area (Å²) < 4.78 is 0. The van der Waals surface area contributed by atoms with Crippen LogP contribution in [0.4, 0.5) is 5.82 Å². The normalized spacial score (nSPS) is 12.2. The van der Waals surface area contributed by atoms with Crippen LogP contribution < -0.4 is 4.90 Å². The number of carboxylic acid groups (broad SMARTS) is 1. The number of anilines is 1. The van der Waals surface area contributed by atoms with E-state index in [9.17, 15) is 4.79 Å². The Morgan fingerprint density at radius 1 is 1.56 bits per heavy atom. The van der Waals surface area contributed by atoms with Crippen molar-refractivity contribution in [3.05, 3.63) is 23.9 Å². The topological polar surface area (TPSA) is 53.4 Å². The largest absolute Gasteiger partial charge is 0.477 e. The van der Waals surface area contributed by atoms with Gasteiger partial charge in [-0.1, -0.05) is 19.4 Å². The van der Waals surface area contributed by atoms with Gasteiger partial charge in [-0.3, -0.25) is 0 Å². The Hall–Kier alpha value is -1.58. The summed E-state index contributed by atoms with van der Waals surface area (Å²) >= 11 is 0. The van der Waals surface area contributed by atoms with Gasteiger partial charge in [0.2, 0.25) is 0 Å². The molecule has 1 unspecified atom stereocenters. The van der Waals surface area contributed by atoms with E-state index in [4.69, 9.17) is 5.11 Å². The molecule has 0 saturated heterocycles. The van der Waals surface area contributed by atoms with Crippen LogP contribution in [0.5, 0.6) is 0 Å². The summed E-state index contributed by atoms with van der Waals surface area (Å²) in [5, 5.41) is 8.85. The summed E-state index contributed by atoms with van der Waals surface area (Å²) in [6.07, 6.45) is 2.17. The van der Waals surface area contributed by atoms with Crippen molar-refractivity contribution in [3.63, 3.8) is 0 Å². The van der Waals surface area contributed by atoms with Crippen molar-refractivity contribution in [2.75, 3.05) is 11.9 Å². The Balaban J connectivity index is 2.86. The van der Waals surface area contributed by atoms with Gasteiger partial charge in [0.25, 0.3) is 0 Å². The number of rotatable bonds is 5. The standard InChI is InChI=1S/C12H18N2O2/c1-4-6-9(2)14(3)11-8-5-7-10(13-11)12(15)16/h5,7-9H,4,6H2,1-3H3,(H,15,16). The first-order valence-corrected chi connectivity index (χ1v) is 5.49. The molecule has 0 radical (unpaired) electrons. The van der Waals surface area contributed by atoms with Crippen molar-refractivity contribution < 1.29 is 9.90 Å². The first-order valence-electron chi connectivity index (χ1n) is 5.49. The highest BCUT2D eigenvalue weighted by atomic mass is 16.4. The minimum atomic E-state index is -0.988. The molecule has 1 aromatic rings. The lowest BCUT2D eigenvalue weighted by Crippen LogP contribution is -2.29. The third-order valence-corrected chi connectivity index (χ3v) is 2.68. The summed E-state index contributed by atoms with van der Waals surface area (Å²) in [4.78, 5) is 16.9. The molecule has 0 aliphatic heterocycles. The van der Waals surface area contributed by atoms with Crippen LogP contribution in [0.3, 0.4) is 0 Å². The van der Waals surface area contributed by atoms with E-state index < -0.39 is 5.97 Å². The van der Waals surface area contributed by atoms with Crippen molar-refractivity contribution in [1.29, 1.82) is 0 Å². The Morgan fingerprint density at radius 3 is 2.81 bits per heavy atom. The van der Waals surface area contributed by atoms with Gasteiger partial charge in [-0.15, -0.1) is 0 Å². The number of hydrogen-bond donors (Lipinski definition) is 1. The van der Waals surface area contributed by atoms with Crippen LogP contribution in [-0.2, 0) is 0 Å². The molecule has 16 heavy (non-hydrogen) atoms. The molecule has 0 fully saturated rings. The smallest absolute Gasteiger partial charge is 0.354 e. The summed E-state index contributed by atoms with van der Waals surface area (Å²) in [5.74, 6) is -0.278. The molecule has 1 N–H and O–H groups in total. The third-order valence-electron chi connectivity index (χ3n) is 2.68. The Bertz CT molecular complexity index is 366. The van der Waals surface area contributed by atoms with E-state index in [-0.39, 0.29) is 5.69 Å². The molecule has 88 valence electrons. The average molecular weight is 222 g/mol. The second-order valence-corrected chi connectivity index (χ2v) is 3.93. The van der Waals surface area contributed by atoms with Crippen LogP contribution in [0.1, 0.15) is 37.2 Å². The molecule has 4 heteroatoms. The van der Waals surface area contributed by atoms with E-state index in [0.29, 0.717) is 11.9 Å². The van der Waals surface area contributed by atoms with E-state index in [0.717, 1.165) is 12.8 Å². The highest BCUT2D eigenvalue weighted by Gasteiger charge is 2.12. The predicted molar refractivity (Wildman–Crippen MR) is 64.0 cm³/mol. The molecule has 0 aliphatic carbocycles. The van der Waals surface area contributed by atoms with Crippen molar-refractivity contribution in [1.82, 2.24) is 4.98 Å². The van der Waals surface area contributed by atoms with Crippen LogP contribution in [0.15, 0.2) is 18.2 Å². The van der Waals surface area contributed by atoms with Gasteiger partial charge >= 0.3 is 5.97 Å². The van der Waals surface area contributed by atoms with Crippen molar-refractivity contribution >= 4 is 11.8 Å². The highest BCUT2D eigenvalue weighted by molar-refractivity contribution is 5.85. The molecule has 1 atom stereocenters. The molecule has 4 nitrogen and oxygen atoms in total. The van der Waals surface area contributed by atoms with Crippen LogP contribution in [0.2, 0.25) is 0 Å². The molecule has 1 aromatic heterocycles.